The minimum atomic E-state index is -3.02. The predicted molar refractivity (Wildman–Crippen MR) is 84.7 cm³/mol. The van der Waals surface area contributed by atoms with E-state index in [1.54, 1.807) is 4.31 Å². The van der Waals surface area contributed by atoms with Crippen LogP contribution in [0.25, 0.3) is 0 Å². The van der Waals surface area contributed by atoms with E-state index in [0.717, 1.165) is 19.3 Å². The Morgan fingerprint density at radius 3 is 2.55 bits per heavy atom. The van der Waals surface area contributed by atoms with Gasteiger partial charge in [0.1, 0.15) is 0 Å². The lowest BCUT2D eigenvalue weighted by atomic mass is 10.1. The van der Waals surface area contributed by atoms with Gasteiger partial charge < -0.3 is 5.32 Å². The van der Waals surface area contributed by atoms with Gasteiger partial charge in [-0.25, -0.2) is 12.7 Å². The van der Waals surface area contributed by atoms with Gasteiger partial charge in [0.25, 0.3) is 0 Å². The van der Waals surface area contributed by atoms with Crippen molar-refractivity contribution in [3.8, 4) is 0 Å². The fourth-order valence-corrected chi connectivity index (χ4v) is 4.45. The molecular weight excluding hydrogens is 292 g/mol. The van der Waals surface area contributed by atoms with Gasteiger partial charge in [0.2, 0.25) is 10.0 Å². The first-order valence-corrected chi connectivity index (χ1v) is 9.86. The second kappa shape index (κ2) is 6.56. The molecule has 0 spiro atoms. The molecule has 1 atom stereocenters. The van der Waals surface area contributed by atoms with Crippen molar-refractivity contribution < 1.29 is 8.42 Å². The second-order valence-corrected chi connectivity index (χ2v) is 8.66. The van der Waals surface area contributed by atoms with Crippen LogP contribution < -0.4 is 5.32 Å². The van der Waals surface area contributed by atoms with Crippen LogP contribution >= 0.6 is 11.3 Å². The minimum Gasteiger partial charge on any atom is -0.307 e. The smallest absolute Gasteiger partial charge is 0.211 e. The van der Waals surface area contributed by atoms with Gasteiger partial charge in [-0.1, -0.05) is 6.92 Å². The molecule has 0 aromatic carbocycles. The van der Waals surface area contributed by atoms with E-state index in [4.69, 9.17) is 0 Å². The maximum Gasteiger partial charge on any atom is 0.211 e. The van der Waals surface area contributed by atoms with Crippen LogP contribution in [0, 0.1) is 0 Å². The average molecular weight is 316 g/mol. The molecular formula is C14H24N2O2S2. The summed E-state index contributed by atoms with van der Waals surface area (Å²) in [5.74, 6) is 0. The third-order valence-corrected chi connectivity index (χ3v) is 6.58. The summed E-state index contributed by atoms with van der Waals surface area (Å²) >= 11 is 1.87. The largest absolute Gasteiger partial charge is 0.307 e. The monoisotopic (exact) mass is 316 g/mol. The van der Waals surface area contributed by atoms with Crippen molar-refractivity contribution >= 4 is 21.4 Å². The zero-order chi connectivity index (χ0) is 14.8. The number of nitrogens with one attached hydrogen (secondary N) is 1. The number of hydrogen-bond donors (Lipinski definition) is 1. The quantitative estimate of drug-likeness (QED) is 0.907. The summed E-state index contributed by atoms with van der Waals surface area (Å²) in [6.45, 7) is 5.63. The number of sulfonamides is 1. The molecule has 1 N–H and O–H groups in total. The first kappa shape index (κ1) is 15.9. The van der Waals surface area contributed by atoms with Gasteiger partial charge in [-0.15, -0.1) is 11.3 Å². The number of aryl methyl sites for hydroxylation is 1. The maximum atomic E-state index is 11.5. The van der Waals surface area contributed by atoms with Crippen LogP contribution in [0.15, 0.2) is 12.1 Å². The van der Waals surface area contributed by atoms with E-state index >= 15 is 0 Å². The minimum absolute atomic E-state index is 0.343. The lowest BCUT2D eigenvalue weighted by molar-refractivity contribution is 0.279. The Labute approximate surface area is 126 Å². The molecule has 20 heavy (non-hydrogen) atoms. The summed E-state index contributed by atoms with van der Waals surface area (Å²) < 4.78 is 24.5. The fourth-order valence-electron chi connectivity index (χ4n) is 2.61. The number of rotatable bonds is 5. The molecule has 0 amide bonds. The Kier molecular flexibility index (Phi) is 5.23. The third-order valence-electron chi connectivity index (χ3n) is 3.87. The van der Waals surface area contributed by atoms with Crippen molar-refractivity contribution in [1.82, 2.24) is 9.62 Å². The highest BCUT2D eigenvalue weighted by molar-refractivity contribution is 7.88. The van der Waals surface area contributed by atoms with E-state index in [1.807, 2.05) is 11.3 Å². The molecule has 1 aromatic heterocycles. The zero-order valence-corrected chi connectivity index (χ0v) is 14.1. The van der Waals surface area contributed by atoms with Crippen molar-refractivity contribution in [2.24, 2.45) is 0 Å². The summed E-state index contributed by atoms with van der Waals surface area (Å²) in [5.41, 5.74) is 0. The van der Waals surface area contributed by atoms with Gasteiger partial charge in [0, 0.05) is 34.9 Å². The van der Waals surface area contributed by atoms with Gasteiger partial charge in [-0.05, 0) is 38.3 Å². The molecule has 1 aliphatic rings. The first-order chi connectivity index (χ1) is 9.40. The Bertz CT molecular complexity index is 531. The molecule has 0 radical (unpaired) electrons. The summed E-state index contributed by atoms with van der Waals surface area (Å²) in [4.78, 5) is 2.79. The Morgan fingerprint density at radius 2 is 2.05 bits per heavy atom. The molecule has 1 fully saturated rings. The van der Waals surface area contributed by atoms with Gasteiger partial charge in [0.15, 0.2) is 0 Å². The molecule has 1 aliphatic heterocycles. The summed E-state index contributed by atoms with van der Waals surface area (Å²) in [5, 5.41) is 3.63. The molecule has 1 unspecified atom stereocenters. The van der Waals surface area contributed by atoms with E-state index < -0.39 is 10.0 Å². The number of piperidine rings is 1. The highest BCUT2D eigenvalue weighted by atomic mass is 32.2. The van der Waals surface area contributed by atoms with Crippen LogP contribution in [0.2, 0.25) is 0 Å². The van der Waals surface area contributed by atoms with Crippen LogP contribution in [0.4, 0.5) is 0 Å². The second-order valence-electron chi connectivity index (χ2n) is 5.48. The zero-order valence-electron chi connectivity index (χ0n) is 12.4. The fraction of sp³-hybridized carbons (Fsp3) is 0.714. The van der Waals surface area contributed by atoms with Crippen molar-refractivity contribution in [2.75, 3.05) is 19.3 Å². The van der Waals surface area contributed by atoms with Crippen molar-refractivity contribution in [1.29, 1.82) is 0 Å². The molecule has 2 rings (SSSR count). The summed E-state index contributed by atoms with van der Waals surface area (Å²) in [7, 11) is -3.02. The molecule has 2 heterocycles. The van der Waals surface area contributed by atoms with Gasteiger partial charge in [-0.3, -0.25) is 0 Å². The van der Waals surface area contributed by atoms with E-state index in [-0.39, 0.29) is 0 Å². The Balaban J connectivity index is 1.86. The maximum absolute atomic E-state index is 11.5. The molecule has 0 aliphatic carbocycles. The standard InChI is InChI=1S/C14H24N2O2S2/c1-4-13-5-6-14(19-13)11(2)15-12-7-9-16(10-8-12)20(3,17)18/h5-6,11-12,15H,4,7-10H2,1-3H3. The van der Waals surface area contributed by atoms with Gasteiger partial charge >= 0.3 is 0 Å². The van der Waals surface area contributed by atoms with Gasteiger partial charge in [-0.2, -0.15) is 0 Å². The topological polar surface area (TPSA) is 49.4 Å². The summed E-state index contributed by atoms with van der Waals surface area (Å²) in [6.07, 6.45) is 4.16. The Hall–Kier alpha value is -0.430. The average Bonchev–Trinajstić information content (AvgIpc) is 2.87. The van der Waals surface area contributed by atoms with E-state index in [2.05, 4.69) is 31.3 Å². The molecule has 4 nitrogen and oxygen atoms in total. The van der Waals surface area contributed by atoms with Crippen molar-refractivity contribution in [2.45, 2.75) is 45.2 Å². The van der Waals surface area contributed by atoms with Crippen LogP contribution in [0.3, 0.4) is 0 Å². The van der Waals surface area contributed by atoms with Crippen molar-refractivity contribution in [3.63, 3.8) is 0 Å². The SMILES string of the molecule is CCc1ccc(C(C)NC2CCN(S(C)(=O)=O)CC2)s1. The highest BCUT2D eigenvalue weighted by Crippen LogP contribution is 2.25. The molecule has 114 valence electrons. The molecule has 0 bridgehead atoms. The van der Waals surface area contributed by atoms with Crippen LogP contribution in [-0.4, -0.2) is 38.1 Å². The van der Waals surface area contributed by atoms with Crippen molar-refractivity contribution in [3.05, 3.63) is 21.9 Å². The molecule has 0 saturated carbocycles. The third kappa shape index (κ3) is 4.04. The number of hydrogen-bond acceptors (Lipinski definition) is 4. The molecule has 1 saturated heterocycles. The normalized spacial score (nSPS) is 20.1. The first-order valence-electron chi connectivity index (χ1n) is 7.20. The molecule has 1 aromatic rings. The summed E-state index contributed by atoms with van der Waals surface area (Å²) in [6, 6.07) is 5.15. The molecule has 6 heteroatoms. The number of nitrogens with zero attached hydrogens (tertiary/aromatic N) is 1. The van der Waals surface area contributed by atoms with Crippen LogP contribution in [-0.2, 0) is 16.4 Å². The predicted octanol–water partition coefficient (Wildman–Crippen LogP) is 2.39. The number of thiophene rings is 1. The highest BCUT2D eigenvalue weighted by Gasteiger charge is 2.25. The lowest BCUT2D eigenvalue weighted by Gasteiger charge is -2.32. The van der Waals surface area contributed by atoms with E-state index in [9.17, 15) is 8.42 Å². The van der Waals surface area contributed by atoms with Gasteiger partial charge in [0.05, 0.1) is 6.26 Å². The van der Waals surface area contributed by atoms with Crippen LogP contribution in [0.1, 0.15) is 42.5 Å². The van der Waals surface area contributed by atoms with Crippen LogP contribution in [0.5, 0.6) is 0 Å². The van der Waals surface area contributed by atoms with E-state index in [0.29, 0.717) is 25.2 Å². The lowest BCUT2D eigenvalue weighted by Crippen LogP contribution is -2.45. The Morgan fingerprint density at radius 1 is 1.40 bits per heavy atom. The van der Waals surface area contributed by atoms with E-state index in [1.165, 1.54) is 16.0 Å².